The third kappa shape index (κ3) is 4.38. The van der Waals surface area contributed by atoms with Crippen LogP contribution in [0.1, 0.15) is 46.8 Å². The molecule has 0 bridgehead atoms. The van der Waals surface area contributed by atoms with Gasteiger partial charge in [0.05, 0.1) is 24.1 Å². The van der Waals surface area contributed by atoms with Crippen molar-refractivity contribution in [2.45, 2.75) is 52.6 Å². The van der Waals surface area contributed by atoms with Gasteiger partial charge in [-0.2, -0.15) is 0 Å². The molecule has 27 heavy (non-hydrogen) atoms. The molecule has 0 N–H and O–H groups in total. The molecule has 2 fully saturated rings. The van der Waals surface area contributed by atoms with Crippen molar-refractivity contribution < 1.29 is 4.79 Å². The predicted octanol–water partition coefficient (Wildman–Crippen LogP) is 3.56. The summed E-state index contributed by atoms with van der Waals surface area (Å²) in [6.07, 6.45) is 7.70. The zero-order valence-electron chi connectivity index (χ0n) is 16.3. The van der Waals surface area contributed by atoms with Crippen molar-refractivity contribution in [2.75, 3.05) is 19.6 Å². The molecule has 4 heterocycles. The minimum atomic E-state index is 0.233. The van der Waals surface area contributed by atoms with Crippen molar-refractivity contribution in [3.05, 3.63) is 45.7 Å². The highest BCUT2D eigenvalue weighted by atomic mass is 32.1. The van der Waals surface area contributed by atoms with Crippen LogP contribution in [0.15, 0.2) is 24.5 Å². The fourth-order valence-electron chi connectivity index (χ4n) is 4.51. The van der Waals surface area contributed by atoms with E-state index in [4.69, 9.17) is 0 Å². The van der Waals surface area contributed by atoms with Crippen LogP contribution in [0.25, 0.3) is 0 Å². The molecule has 1 atom stereocenters. The zero-order valence-corrected chi connectivity index (χ0v) is 17.1. The van der Waals surface area contributed by atoms with E-state index in [0.29, 0.717) is 13.0 Å². The van der Waals surface area contributed by atoms with Gasteiger partial charge in [0.15, 0.2) is 0 Å². The topological polar surface area (TPSA) is 49.3 Å². The maximum Gasteiger partial charge on any atom is 0.222 e. The third-order valence-electron chi connectivity index (χ3n) is 5.85. The van der Waals surface area contributed by atoms with Crippen molar-refractivity contribution in [1.29, 1.82) is 0 Å². The minimum Gasteiger partial charge on any atom is -0.336 e. The summed E-state index contributed by atoms with van der Waals surface area (Å²) >= 11 is 1.90. The average Bonchev–Trinajstić information content (AvgIpc) is 3.05. The summed E-state index contributed by atoms with van der Waals surface area (Å²) < 4.78 is 0. The van der Waals surface area contributed by atoms with Crippen LogP contribution in [0.3, 0.4) is 0 Å². The van der Waals surface area contributed by atoms with Gasteiger partial charge in [-0.1, -0.05) is 0 Å². The van der Waals surface area contributed by atoms with Gasteiger partial charge in [-0.3, -0.25) is 19.7 Å². The fraction of sp³-hybridized carbons (Fsp3) is 0.571. The summed E-state index contributed by atoms with van der Waals surface area (Å²) in [6.45, 7) is 8.83. The molecular formula is C21H28N4OS. The molecule has 2 aliphatic rings. The number of piperidine rings is 2. The van der Waals surface area contributed by atoms with Gasteiger partial charge < -0.3 is 4.90 Å². The number of nitrogens with zero attached hydrogens (tertiary/aromatic N) is 4. The Hall–Kier alpha value is -1.79. The summed E-state index contributed by atoms with van der Waals surface area (Å²) in [5, 5.41) is 0. The van der Waals surface area contributed by atoms with Crippen molar-refractivity contribution in [3.8, 4) is 0 Å². The lowest BCUT2D eigenvalue weighted by molar-refractivity contribution is -0.140. The number of carbonyl (C=O) groups is 1. The maximum atomic E-state index is 12.5. The Bertz CT molecular complexity index is 803. The van der Waals surface area contributed by atoms with Crippen LogP contribution in [0.2, 0.25) is 0 Å². The van der Waals surface area contributed by atoms with Crippen molar-refractivity contribution in [3.63, 3.8) is 0 Å². The quantitative estimate of drug-likeness (QED) is 0.809. The van der Waals surface area contributed by atoms with Crippen molar-refractivity contribution >= 4 is 17.2 Å². The Kier molecular flexibility index (Phi) is 5.28. The molecule has 6 heteroatoms. The van der Waals surface area contributed by atoms with Crippen molar-refractivity contribution in [2.24, 2.45) is 5.41 Å². The Morgan fingerprint density at radius 1 is 1.11 bits per heavy atom. The molecule has 2 aromatic heterocycles. The molecule has 4 rings (SSSR count). The zero-order chi connectivity index (χ0) is 18.9. The fourth-order valence-corrected chi connectivity index (χ4v) is 5.44. The highest BCUT2D eigenvalue weighted by Gasteiger charge is 2.41. The van der Waals surface area contributed by atoms with Gasteiger partial charge in [0.25, 0.3) is 0 Å². The Balaban J connectivity index is 1.43. The van der Waals surface area contributed by atoms with Crippen LogP contribution in [-0.4, -0.2) is 45.3 Å². The van der Waals surface area contributed by atoms with E-state index >= 15 is 0 Å². The number of hydrogen-bond donors (Lipinski definition) is 0. The second kappa shape index (κ2) is 7.68. The van der Waals surface area contributed by atoms with Crippen LogP contribution in [0.5, 0.6) is 0 Å². The molecule has 1 spiro atoms. The van der Waals surface area contributed by atoms with E-state index in [1.165, 1.54) is 22.6 Å². The normalized spacial score (nSPS) is 23.9. The first-order valence-corrected chi connectivity index (χ1v) is 10.7. The highest BCUT2D eigenvalue weighted by Crippen LogP contribution is 2.39. The smallest absolute Gasteiger partial charge is 0.222 e. The van der Waals surface area contributed by atoms with Crippen molar-refractivity contribution in [1.82, 2.24) is 19.8 Å². The molecule has 0 aliphatic carbocycles. The van der Waals surface area contributed by atoms with Crippen LogP contribution < -0.4 is 0 Å². The molecule has 5 nitrogen and oxygen atoms in total. The second-order valence-electron chi connectivity index (χ2n) is 8.23. The first kappa shape index (κ1) is 18.6. The van der Waals surface area contributed by atoms with Gasteiger partial charge >= 0.3 is 0 Å². The number of aryl methyl sites for hydroxylation is 2. The molecule has 0 saturated carbocycles. The monoisotopic (exact) mass is 384 g/mol. The van der Waals surface area contributed by atoms with Gasteiger partial charge in [-0.25, -0.2) is 0 Å². The molecule has 2 aliphatic heterocycles. The summed E-state index contributed by atoms with van der Waals surface area (Å²) in [6, 6.07) is 4.47. The molecule has 2 aromatic rings. The van der Waals surface area contributed by atoms with E-state index < -0.39 is 0 Å². The maximum absolute atomic E-state index is 12.5. The van der Waals surface area contributed by atoms with Gasteiger partial charge in [-0.15, -0.1) is 11.3 Å². The lowest BCUT2D eigenvalue weighted by Gasteiger charge is -2.48. The molecular weight excluding hydrogens is 356 g/mol. The number of amides is 1. The largest absolute Gasteiger partial charge is 0.336 e. The summed E-state index contributed by atoms with van der Waals surface area (Å²) in [5.41, 5.74) is 2.02. The molecule has 0 radical (unpaired) electrons. The molecule has 0 aromatic carbocycles. The number of thiophene rings is 1. The Morgan fingerprint density at radius 2 is 2.00 bits per heavy atom. The first-order chi connectivity index (χ1) is 13.0. The van der Waals surface area contributed by atoms with E-state index in [1.807, 2.05) is 23.2 Å². The van der Waals surface area contributed by atoms with Crippen LogP contribution >= 0.6 is 11.3 Å². The average molecular weight is 385 g/mol. The number of aromatic nitrogens is 2. The number of carbonyl (C=O) groups excluding carboxylic acids is 1. The minimum absolute atomic E-state index is 0.233. The lowest BCUT2D eigenvalue weighted by Crippen LogP contribution is -2.53. The second-order valence-corrected chi connectivity index (χ2v) is 9.60. The van der Waals surface area contributed by atoms with Gasteiger partial charge in [0.1, 0.15) is 0 Å². The van der Waals surface area contributed by atoms with Crippen LogP contribution in [0.4, 0.5) is 0 Å². The number of likely N-dealkylation sites (tertiary alicyclic amines) is 2. The standard InChI is InChI=1S/C21H28N4OS/c1-16-10-23-18(11-22-16)12-25-15-21(8-6-20(25)26)7-3-9-24(14-21)13-19-5-4-17(2)27-19/h4-5,10-11H,3,6-9,12-15H2,1-2H3. The van der Waals surface area contributed by atoms with E-state index in [0.717, 1.165) is 44.0 Å². The Labute approximate surface area is 165 Å². The summed E-state index contributed by atoms with van der Waals surface area (Å²) in [7, 11) is 0. The van der Waals surface area contributed by atoms with Gasteiger partial charge in [0, 0.05) is 47.4 Å². The Morgan fingerprint density at radius 3 is 2.74 bits per heavy atom. The third-order valence-corrected chi connectivity index (χ3v) is 6.84. The summed E-state index contributed by atoms with van der Waals surface area (Å²) in [5.74, 6) is 0.258. The molecule has 2 saturated heterocycles. The molecule has 1 amide bonds. The SMILES string of the molecule is Cc1cnc(CN2CC3(CCCN(Cc4ccc(C)s4)C3)CCC2=O)cn1. The number of rotatable bonds is 4. The van der Waals surface area contributed by atoms with E-state index in [9.17, 15) is 4.79 Å². The van der Waals surface area contributed by atoms with Gasteiger partial charge in [0.2, 0.25) is 5.91 Å². The molecule has 1 unspecified atom stereocenters. The lowest BCUT2D eigenvalue weighted by atomic mass is 9.73. The van der Waals surface area contributed by atoms with E-state index in [2.05, 4.69) is 33.9 Å². The first-order valence-electron chi connectivity index (χ1n) is 9.84. The molecule has 144 valence electrons. The van der Waals surface area contributed by atoms with Crippen LogP contribution in [-0.2, 0) is 17.9 Å². The summed E-state index contributed by atoms with van der Waals surface area (Å²) in [4.78, 5) is 28.7. The van der Waals surface area contributed by atoms with E-state index in [1.54, 1.807) is 12.4 Å². The van der Waals surface area contributed by atoms with E-state index in [-0.39, 0.29) is 11.3 Å². The highest BCUT2D eigenvalue weighted by molar-refractivity contribution is 7.11. The predicted molar refractivity (Wildman–Crippen MR) is 107 cm³/mol. The van der Waals surface area contributed by atoms with Gasteiger partial charge in [-0.05, 0) is 51.8 Å². The van der Waals surface area contributed by atoms with Crippen LogP contribution in [0, 0.1) is 19.3 Å². The number of hydrogen-bond acceptors (Lipinski definition) is 5.